The fourth-order valence-corrected chi connectivity index (χ4v) is 2.93. The first-order valence-electron chi connectivity index (χ1n) is 7.81. The summed E-state index contributed by atoms with van der Waals surface area (Å²) in [5, 5.41) is 3.52. The van der Waals surface area contributed by atoms with Crippen molar-refractivity contribution in [2.45, 2.75) is 32.6 Å². The van der Waals surface area contributed by atoms with Gasteiger partial charge < -0.3 is 9.88 Å². The SMILES string of the molecule is CCCNCC1CCc2nc(-c3nccn3C)ncc2C1. The molecular weight excluding hydrogens is 262 g/mol. The largest absolute Gasteiger partial charge is 0.331 e. The van der Waals surface area contributed by atoms with Crippen molar-refractivity contribution in [2.24, 2.45) is 13.0 Å². The third kappa shape index (κ3) is 3.13. The van der Waals surface area contributed by atoms with Crippen molar-refractivity contribution < 1.29 is 0 Å². The zero-order valence-corrected chi connectivity index (χ0v) is 12.8. The Morgan fingerprint density at radius 3 is 3.05 bits per heavy atom. The van der Waals surface area contributed by atoms with Crippen LogP contribution in [-0.2, 0) is 19.9 Å². The molecule has 0 amide bonds. The van der Waals surface area contributed by atoms with Crippen LogP contribution < -0.4 is 5.32 Å². The van der Waals surface area contributed by atoms with Crippen LogP contribution in [0, 0.1) is 5.92 Å². The van der Waals surface area contributed by atoms with E-state index in [4.69, 9.17) is 4.98 Å². The molecule has 5 nitrogen and oxygen atoms in total. The number of hydrogen-bond donors (Lipinski definition) is 1. The number of nitrogens with zero attached hydrogens (tertiary/aromatic N) is 4. The summed E-state index contributed by atoms with van der Waals surface area (Å²) in [7, 11) is 1.97. The van der Waals surface area contributed by atoms with E-state index in [2.05, 4.69) is 22.2 Å². The van der Waals surface area contributed by atoms with Crippen LogP contribution in [0.4, 0.5) is 0 Å². The first-order valence-corrected chi connectivity index (χ1v) is 7.81. The molecule has 0 fully saturated rings. The molecule has 112 valence electrons. The Labute approximate surface area is 125 Å². The topological polar surface area (TPSA) is 55.6 Å². The maximum absolute atomic E-state index is 4.73. The minimum absolute atomic E-state index is 0.715. The molecule has 2 heterocycles. The summed E-state index contributed by atoms with van der Waals surface area (Å²) in [6, 6.07) is 0. The first kappa shape index (κ1) is 14.2. The standard InChI is InChI=1S/C16H23N5/c1-3-6-17-10-12-4-5-14-13(9-12)11-19-15(20-14)16-18-7-8-21(16)2/h7-8,11-12,17H,3-6,9-10H2,1-2H3. The van der Waals surface area contributed by atoms with E-state index in [1.54, 1.807) is 6.20 Å². The lowest BCUT2D eigenvalue weighted by atomic mass is 9.87. The minimum atomic E-state index is 0.715. The molecule has 0 spiro atoms. The molecule has 2 aromatic rings. The Kier molecular flexibility index (Phi) is 4.29. The molecule has 1 atom stereocenters. The predicted molar refractivity (Wildman–Crippen MR) is 82.9 cm³/mol. The highest BCUT2D eigenvalue weighted by atomic mass is 15.1. The lowest BCUT2D eigenvalue weighted by Gasteiger charge is -2.24. The molecule has 3 rings (SSSR count). The average molecular weight is 285 g/mol. The van der Waals surface area contributed by atoms with Gasteiger partial charge in [0.2, 0.25) is 0 Å². The Morgan fingerprint density at radius 1 is 1.38 bits per heavy atom. The number of aryl methyl sites for hydroxylation is 2. The van der Waals surface area contributed by atoms with Crippen LogP contribution in [0.15, 0.2) is 18.6 Å². The van der Waals surface area contributed by atoms with Gasteiger partial charge in [-0.1, -0.05) is 6.92 Å². The maximum atomic E-state index is 4.73. The van der Waals surface area contributed by atoms with Gasteiger partial charge in [-0.15, -0.1) is 0 Å². The van der Waals surface area contributed by atoms with E-state index < -0.39 is 0 Å². The van der Waals surface area contributed by atoms with Crippen LogP contribution >= 0.6 is 0 Å². The molecule has 1 unspecified atom stereocenters. The monoisotopic (exact) mass is 285 g/mol. The Balaban J connectivity index is 1.72. The first-order chi connectivity index (χ1) is 10.3. The summed E-state index contributed by atoms with van der Waals surface area (Å²) in [5.41, 5.74) is 2.51. The van der Waals surface area contributed by atoms with Gasteiger partial charge in [0.1, 0.15) is 0 Å². The molecular formula is C16H23N5. The van der Waals surface area contributed by atoms with Crippen molar-refractivity contribution in [1.82, 2.24) is 24.8 Å². The van der Waals surface area contributed by atoms with E-state index >= 15 is 0 Å². The van der Waals surface area contributed by atoms with Crippen LogP contribution in [0.3, 0.4) is 0 Å². The van der Waals surface area contributed by atoms with Crippen molar-refractivity contribution in [3.05, 3.63) is 29.8 Å². The average Bonchev–Trinajstić information content (AvgIpc) is 2.93. The molecule has 0 radical (unpaired) electrons. The highest BCUT2D eigenvalue weighted by Crippen LogP contribution is 2.25. The van der Waals surface area contributed by atoms with Gasteiger partial charge in [0.25, 0.3) is 0 Å². The van der Waals surface area contributed by atoms with Crippen LogP contribution in [0.2, 0.25) is 0 Å². The van der Waals surface area contributed by atoms with Crippen molar-refractivity contribution in [3.63, 3.8) is 0 Å². The van der Waals surface area contributed by atoms with Crippen molar-refractivity contribution in [1.29, 1.82) is 0 Å². The lowest BCUT2D eigenvalue weighted by molar-refractivity contribution is 0.420. The van der Waals surface area contributed by atoms with E-state index in [-0.39, 0.29) is 0 Å². The molecule has 0 aliphatic heterocycles. The highest BCUT2D eigenvalue weighted by molar-refractivity contribution is 5.44. The molecule has 1 aliphatic rings. The Morgan fingerprint density at radius 2 is 2.29 bits per heavy atom. The number of aromatic nitrogens is 4. The Hall–Kier alpha value is -1.75. The number of imidazole rings is 1. The number of nitrogens with one attached hydrogen (secondary N) is 1. The fraction of sp³-hybridized carbons (Fsp3) is 0.562. The third-order valence-corrected chi connectivity index (χ3v) is 4.13. The molecule has 0 saturated heterocycles. The summed E-state index contributed by atoms with van der Waals surface area (Å²) in [5.74, 6) is 2.29. The van der Waals surface area contributed by atoms with Crippen LogP contribution in [0.1, 0.15) is 31.0 Å². The van der Waals surface area contributed by atoms with Crippen LogP contribution in [0.5, 0.6) is 0 Å². The van der Waals surface area contributed by atoms with Gasteiger partial charge in [0.05, 0.1) is 0 Å². The zero-order chi connectivity index (χ0) is 14.7. The molecule has 0 aromatic carbocycles. The zero-order valence-electron chi connectivity index (χ0n) is 12.8. The lowest BCUT2D eigenvalue weighted by Crippen LogP contribution is -2.28. The molecule has 1 N–H and O–H groups in total. The van der Waals surface area contributed by atoms with E-state index in [0.717, 1.165) is 37.6 Å². The molecule has 0 bridgehead atoms. The van der Waals surface area contributed by atoms with Gasteiger partial charge in [-0.3, -0.25) is 0 Å². The van der Waals surface area contributed by atoms with Gasteiger partial charge in [0, 0.05) is 31.3 Å². The fourth-order valence-electron chi connectivity index (χ4n) is 2.93. The van der Waals surface area contributed by atoms with Gasteiger partial charge in [-0.25, -0.2) is 15.0 Å². The highest BCUT2D eigenvalue weighted by Gasteiger charge is 2.21. The van der Waals surface area contributed by atoms with Gasteiger partial charge in [0.15, 0.2) is 11.6 Å². The van der Waals surface area contributed by atoms with Crippen molar-refractivity contribution in [2.75, 3.05) is 13.1 Å². The summed E-state index contributed by atoms with van der Waals surface area (Å²) in [6.45, 7) is 4.42. The van der Waals surface area contributed by atoms with E-state index in [1.807, 2.05) is 24.0 Å². The van der Waals surface area contributed by atoms with Gasteiger partial charge in [-0.2, -0.15) is 0 Å². The second-order valence-electron chi connectivity index (χ2n) is 5.84. The molecule has 1 aliphatic carbocycles. The van der Waals surface area contributed by atoms with Crippen LogP contribution in [0.25, 0.3) is 11.6 Å². The summed E-state index contributed by atoms with van der Waals surface area (Å²) in [6.07, 6.45) is 10.3. The number of fused-ring (bicyclic) bond motifs is 1. The quantitative estimate of drug-likeness (QED) is 0.854. The van der Waals surface area contributed by atoms with E-state index in [0.29, 0.717) is 5.92 Å². The van der Waals surface area contributed by atoms with Gasteiger partial charge in [-0.05, 0) is 50.3 Å². The second kappa shape index (κ2) is 6.35. The minimum Gasteiger partial charge on any atom is -0.331 e. The smallest absolute Gasteiger partial charge is 0.196 e. The third-order valence-electron chi connectivity index (χ3n) is 4.13. The number of rotatable bonds is 5. The second-order valence-corrected chi connectivity index (χ2v) is 5.84. The predicted octanol–water partition coefficient (Wildman–Crippen LogP) is 1.98. The van der Waals surface area contributed by atoms with Gasteiger partial charge >= 0.3 is 0 Å². The molecule has 21 heavy (non-hydrogen) atoms. The van der Waals surface area contributed by atoms with Crippen LogP contribution in [-0.4, -0.2) is 32.6 Å². The molecule has 0 saturated carbocycles. The summed E-state index contributed by atoms with van der Waals surface area (Å²) < 4.78 is 1.96. The van der Waals surface area contributed by atoms with Crippen molar-refractivity contribution >= 4 is 0 Å². The maximum Gasteiger partial charge on any atom is 0.196 e. The van der Waals surface area contributed by atoms with E-state index in [9.17, 15) is 0 Å². The Bertz CT molecular complexity index is 604. The molecule has 2 aromatic heterocycles. The summed E-state index contributed by atoms with van der Waals surface area (Å²) in [4.78, 5) is 13.6. The normalized spacial score (nSPS) is 17.7. The van der Waals surface area contributed by atoms with Crippen molar-refractivity contribution in [3.8, 4) is 11.6 Å². The molecule has 5 heteroatoms. The van der Waals surface area contributed by atoms with E-state index in [1.165, 1.54) is 24.1 Å². The number of hydrogen-bond acceptors (Lipinski definition) is 4. The summed E-state index contributed by atoms with van der Waals surface area (Å²) >= 11 is 0.